The smallest absolute Gasteiger partial charge is 0.337 e. The van der Waals surface area contributed by atoms with Gasteiger partial charge in [0.25, 0.3) is 11.5 Å². The van der Waals surface area contributed by atoms with Gasteiger partial charge >= 0.3 is 5.69 Å². The second kappa shape index (κ2) is 10.8. The van der Waals surface area contributed by atoms with Gasteiger partial charge in [0.1, 0.15) is 5.82 Å². The maximum atomic E-state index is 14.2. The molecule has 0 unspecified atom stereocenters. The van der Waals surface area contributed by atoms with Crippen LogP contribution in [0.2, 0.25) is 0 Å². The normalized spacial score (nSPS) is 18.4. The number of rotatable bonds is 6. The Morgan fingerprint density at radius 3 is 2.42 bits per heavy atom. The maximum absolute atomic E-state index is 14.2. The molecule has 10 nitrogen and oxygen atoms in total. The number of nitrogens with one attached hydrogen (secondary N) is 1. The Kier molecular flexibility index (Phi) is 7.39. The first-order valence-electron chi connectivity index (χ1n) is 12.7. The molecular formula is C28H27FN4O6S. The highest BCUT2D eigenvalue weighted by atomic mass is 32.2. The van der Waals surface area contributed by atoms with Gasteiger partial charge in [-0.15, -0.1) is 0 Å². The topological polar surface area (TPSA) is 140 Å². The zero-order valence-electron chi connectivity index (χ0n) is 21.5. The van der Waals surface area contributed by atoms with E-state index in [1.165, 1.54) is 24.3 Å². The second-order valence-electron chi connectivity index (χ2n) is 9.91. The lowest BCUT2D eigenvalue weighted by atomic mass is 9.90. The molecule has 5 rings (SSSR count). The number of nitrogens with zero attached hydrogens (tertiary/aromatic N) is 3. The molecule has 1 aliphatic carbocycles. The molecule has 1 atom stereocenters. The molecule has 208 valence electrons. The highest BCUT2D eigenvalue weighted by Crippen LogP contribution is 2.28. The number of carbonyl (C=O) groups excluding carboxylic acids is 1. The quantitative estimate of drug-likeness (QED) is 0.365. The minimum Gasteiger partial charge on any atom is -0.378 e. The van der Waals surface area contributed by atoms with Crippen LogP contribution < -0.4 is 16.6 Å². The fourth-order valence-corrected chi connectivity index (χ4v) is 5.80. The van der Waals surface area contributed by atoms with E-state index in [2.05, 4.69) is 10.3 Å². The van der Waals surface area contributed by atoms with Crippen molar-refractivity contribution in [3.05, 3.63) is 99.1 Å². The van der Waals surface area contributed by atoms with E-state index in [0.717, 1.165) is 27.7 Å². The average molecular weight is 567 g/mol. The molecule has 1 saturated carbocycles. The molecule has 0 bridgehead atoms. The van der Waals surface area contributed by atoms with Gasteiger partial charge in [0.05, 0.1) is 22.2 Å². The molecule has 4 aromatic rings. The van der Waals surface area contributed by atoms with Crippen molar-refractivity contribution in [3.8, 4) is 5.69 Å². The van der Waals surface area contributed by atoms with Gasteiger partial charge in [0.15, 0.2) is 21.6 Å². The largest absolute Gasteiger partial charge is 0.378 e. The van der Waals surface area contributed by atoms with Crippen LogP contribution in [0.25, 0.3) is 16.7 Å². The molecule has 1 amide bonds. The van der Waals surface area contributed by atoms with Crippen LogP contribution >= 0.6 is 0 Å². The molecule has 1 aliphatic rings. The molecule has 1 fully saturated rings. The van der Waals surface area contributed by atoms with Crippen molar-refractivity contribution in [1.29, 1.82) is 0 Å². The van der Waals surface area contributed by atoms with Crippen LogP contribution in [-0.2, 0) is 14.6 Å². The van der Waals surface area contributed by atoms with Crippen molar-refractivity contribution in [2.45, 2.75) is 48.8 Å². The summed E-state index contributed by atoms with van der Waals surface area (Å²) in [6.45, 7) is 0. The van der Waals surface area contributed by atoms with Crippen molar-refractivity contribution in [2.75, 3.05) is 6.26 Å². The number of hydrogen-bond donors (Lipinski definition) is 2. The second-order valence-corrected chi connectivity index (χ2v) is 11.9. The van der Waals surface area contributed by atoms with Crippen molar-refractivity contribution in [1.82, 2.24) is 19.4 Å². The van der Waals surface area contributed by atoms with Crippen LogP contribution in [0.15, 0.2) is 81.3 Å². The van der Waals surface area contributed by atoms with Crippen LogP contribution in [0.3, 0.4) is 0 Å². The summed E-state index contributed by atoms with van der Waals surface area (Å²) >= 11 is 0. The molecule has 2 aromatic carbocycles. The number of benzene rings is 2. The third-order valence-corrected chi connectivity index (χ3v) is 8.28. The van der Waals surface area contributed by atoms with E-state index in [0.29, 0.717) is 31.2 Å². The summed E-state index contributed by atoms with van der Waals surface area (Å²) in [6, 6.07) is 14.4. The van der Waals surface area contributed by atoms with E-state index < -0.39 is 45.0 Å². The third kappa shape index (κ3) is 5.32. The van der Waals surface area contributed by atoms with Gasteiger partial charge in [-0.05, 0) is 55.5 Å². The van der Waals surface area contributed by atoms with Crippen LogP contribution in [0, 0.1) is 5.82 Å². The molecule has 0 aliphatic heterocycles. The van der Waals surface area contributed by atoms with Gasteiger partial charge in [-0.1, -0.05) is 36.4 Å². The number of hydrogen-bond acceptors (Lipinski definition) is 7. The minimum absolute atomic E-state index is 0.0288. The maximum Gasteiger partial charge on any atom is 0.337 e. The number of fused-ring (bicyclic) bond motifs is 1. The average Bonchev–Trinajstić information content (AvgIpc) is 2.94. The van der Waals surface area contributed by atoms with E-state index >= 15 is 0 Å². The predicted octanol–water partition coefficient (Wildman–Crippen LogP) is 2.42. The Balaban J connectivity index is 1.47. The summed E-state index contributed by atoms with van der Waals surface area (Å²) in [4.78, 5) is 43.8. The summed E-state index contributed by atoms with van der Waals surface area (Å²) in [7, 11) is -3.60. The summed E-state index contributed by atoms with van der Waals surface area (Å²) in [5.74, 6) is -1.29. The van der Waals surface area contributed by atoms with E-state index in [4.69, 9.17) is 0 Å². The lowest BCUT2D eigenvalue weighted by Gasteiger charge is -2.31. The van der Waals surface area contributed by atoms with Gasteiger partial charge in [0.2, 0.25) is 0 Å². The number of sulfone groups is 1. The summed E-state index contributed by atoms with van der Waals surface area (Å²) < 4.78 is 40.7. The molecule has 12 heteroatoms. The number of pyridine rings is 1. The summed E-state index contributed by atoms with van der Waals surface area (Å²) in [6.07, 6.45) is 2.20. The molecule has 0 radical (unpaired) electrons. The van der Waals surface area contributed by atoms with E-state index in [1.807, 2.05) is 0 Å². The SMILES string of the molecule is CS(=O)(=O)c1cccc(-n2c(=O)n([C@H]3CC[C@@H](NC(=O)[C@H](O)c4ccccc4)CC3)c(=O)c3cc(F)cnc32)c1. The monoisotopic (exact) mass is 566 g/mol. The lowest BCUT2D eigenvalue weighted by Crippen LogP contribution is -2.45. The summed E-state index contributed by atoms with van der Waals surface area (Å²) in [5.41, 5.74) is -0.878. The van der Waals surface area contributed by atoms with Crippen LogP contribution in [0.5, 0.6) is 0 Å². The first-order chi connectivity index (χ1) is 19.0. The highest BCUT2D eigenvalue weighted by Gasteiger charge is 2.29. The number of aliphatic hydroxyl groups is 1. The Morgan fingerprint density at radius 2 is 1.75 bits per heavy atom. The standard InChI is InChI=1S/C28H27FN4O6S/c1-40(38,39)22-9-5-8-21(15-22)32-25-23(14-18(29)16-30-25)27(36)33(28(32)37)20-12-10-19(11-13-20)31-26(35)24(34)17-6-3-2-4-7-17/h2-9,14-16,19-20,24,34H,10-13H2,1H3,(H,31,35)/t19-,20+,24-/m1/s1. The van der Waals surface area contributed by atoms with E-state index in [1.54, 1.807) is 30.3 Å². The Morgan fingerprint density at radius 1 is 1.05 bits per heavy atom. The van der Waals surface area contributed by atoms with Gasteiger partial charge in [-0.25, -0.2) is 27.2 Å². The van der Waals surface area contributed by atoms with Crippen molar-refractivity contribution in [3.63, 3.8) is 0 Å². The van der Waals surface area contributed by atoms with Crippen molar-refractivity contribution < 1.29 is 22.7 Å². The van der Waals surface area contributed by atoms with Crippen molar-refractivity contribution >= 4 is 26.8 Å². The van der Waals surface area contributed by atoms with Gasteiger partial charge < -0.3 is 10.4 Å². The third-order valence-electron chi connectivity index (χ3n) is 7.17. The molecular weight excluding hydrogens is 539 g/mol. The van der Waals surface area contributed by atoms with Gasteiger partial charge in [0, 0.05) is 18.3 Å². The number of amides is 1. The predicted molar refractivity (Wildman–Crippen MR) is 146 cm³/mol. The molecule has 40 heavy (non-hydrogen) atoms. The van der Waals surface area contributed by atoms with Crippen molar-refractivity contribution in [2.24, 2.45) is 0 Å². The molecule has 2 aromatic heterocycles. The first-order valence-corrected chi connectivity index (χ1v) is 14.6. The number of aromatic nitrogens is 3. The van der Waals surface area contributed by atoms with E-state index in [-0.39, 0.29) is 27.7 Å². The number of aliphatic hydroxyl groups excluding tert-OH is 1. The molecule has 2 heterocycles. The lowest BCUT2D eigenvalue weighted by molar-refractivity contribution is -0.130. The Bertz CT molecular complexity index is 1810. The number of halogens is 1. The fraction of sp³-hybridized carbons (Fsp3) is 0.286. The van der Waals surface area contributed by atoms with Crippen LogP contribution in [-0.4, -0.2) is 45.8 Å². The molecule has 0 saturated heterocycles. The number of carbonyl (C=O) groups is 1. The van der Waals surface area contributed by atoms with Gasteiger partial charge in [-0.2, -0.15) is 0 Å². The van der Waals surface area contributed by atoms with Gasteiger partial charge in [-0.3, -0.25) is 14.2 Å². The Labute approximate surface area is 228 Å². The molecule has 0 spiro atoms. The molecule has 2 N–H and O–H groups in total. The zero-order valence-corrected chi connectivity index (χ0v) is 22.3. The highest BCUT2D eigenvalue weighted by molar-refractivity contribution is 7.90. The fourth-order valence-electron chi connectivity index (χ4n) is 5.14. The first kappa shape index (κ1) is 27.4. The van der Waals surface area contributed by atoms with Crippen LogP contribution in [0.4, 0.5) is 4.39 Å². The van der Waals surface area contributed by atoms with Crippen LogP contribution in [0.1, 0.15) is 43.4 Å². The Hall–Kier alpha value is -4.16. The van der Waals surface area contributed by atoms with E-state index in [9.17, 15) is 32.3 Å². The minimum atomic E-state index is -3.60. The zero-order chi connectivity index (χ0) is 28.6. The summed E-state index contributed by atoms with van der Waals surface area (Å²) in [5, 5.41) is 13.1.